The summed E-state index contributed by atoms with van der Waals surface area (Å²) in [4.78, 5) is 6.34. The Bertz CT molecular complexity index is 613. The van der Waals surface area contributed by atoms with Crippen LogP contribution in [0.15, 0.2) is 48.8 Å². The minimum atomic E-state index is 0.214. The first-order valence-electron chi connectivity index (χ1n) is 7.24. The van der Waals surface area contributed by atoms with Crippen LogP contribution in [0.25, 0.3) is 0 Å². The Morgan fingerprint density at radius 2 is 2.09 bits per heavy atom. The predicted octanol–water partition coefficient (Wildman–Crippen LogP) is 2.98. The highest BCUT2D eigenvalue weighted by Gasteiger charge is 2.14. The van der Waals surface area contributed by atoms with Crippen molar-refractivity contribution in [1.82, 2.24) is 15.2 Å². The first-order valence-corrected chi connectivity index (χ1v) is 7.65. The van der Waals surface area contributed by atoms with Crippen LogP contribution in [-0.2, 0) is 0 Å². The summed E-state index contributed by atoms with van der Waals surface area (Å²) in [7, 11) is 4.10. The second kappa shape index (κ2) is 7.87. The first kappa shape index (κ1) is 16.4. The quantitative estimate of drug-likeness (QED) is 0.830. The van der Waals surface area contributed by atoms with Crippen LogP contribution in [0.1, 0.15) is 17.2 Å². The molecule has 1 atom stereocenters. The van der Waals surface area contributed by atoms with E-state index in [0.29, 0.717) is 5.11 Å². The van der Waals surface area contributed by atoms with Crippen molar-refractivity contribution in [3.63, 3.8) is 0 Å². The van der Waals surface area contributed by atoms with Gasteiger partial charge in [0.25, 0.3) is 0 Å². The van der Waals surface area contributed by atoms with Crippen molar-refractivity contribution in [3.8, 4) is 0 Å². The van der Waals surface area contributed by atoms with Gasteiger partial charge in [-0.1, -0.05) is 18.2 Å². The van der Waals surface area contributed by atoms with Gasteiger partial charge in [0.1, 0.15) is 0 Å². The van der Waals surface area contributed by atoms with E-state index in [2.05, 4.69) is 59.7 Å². The monoisotopic (exact) mass is 314 g/mol. The lowest BCUT2D eigenvalue weighted by atomic mass is 10.1. The second-order valence-electron chi connectivity index (χ2n) is 5.47. The number of hydrogen-bond donors (Lipinski definition) is 2. The highest BCUT2D eigenvalue weighted by molar-refractivity contribution is 7.80. The van der Waals surface area contributed by atoms with Gasteiger partial charge in [0.15, 0.2) is 5.11 Å². The van der Waals surface area contributed by atoms with Crippen LogP contribution in [0, 0.1) is 6.92 Å². The molecule has 2 rings (SSSR count). The Morgan fingerprint density at radius 1 is 1.27 bits per heavy atom. The van der Waals surface area contributed by atoms with Crippen LogP contribution in [0.5, 0.6) is 0 Å². The van der Waals surface area contributed by atoms with Crippen molar-refractivity contribution in [2.24, 2.45) is 0 Å². The zero-order chi connectivity index (χ0) is 15.9. The number of benzene rings is 1. The summed E-state index contributed by atoms with van der Waals surface area (Å²) in [6, 6.07) is 12.4. The normalized spacial score (nSPS) is 12.0. The molecule has 0 aliphatic rings. The summed E-state index contributed by atoms with van der Waals surface area (Å²) in [5, 5.41) is 7.12. The molecule has 0 aliphatic heterocycles. The molecule has 0 aliphatic carbocycles. The van der Waals surface area contributed by atoms with Crippen LogP contribution in [0.3, 0.4) is 0 Å². The predicted molar refractivity (Wildman–Crippen MR) is 96.1 cm³/mol. The molecule has 2 N–H and O–H groups in total. The van der Waals surface area contributed by atoms with Gasteiger partial charge in [0.05, 0.1) is 6.04 Å². The molecule has 116 valence electrons. The van der Waals surface area contributed by atoms with E-state index in [1.54, 1.807) is 6.20 Å². The van der Waals surface area contributed by atoms with E-state index in [0.717, 1.165) is 12.2 Å². The first-order chi connectivity index (χ1) is 10.6. The molecular weight excluding hydrogens is 292 g/mol. The number of likely N-dealkylation sites (N-methyl/N-ethyl adjacent to an activating group) is 1. The fourth-order valence-corrected chi connectivity index (χ4v) is 2.46. The molecule has 0 saturated carbocycles. The molecule has 4 nitrogen and oxygen atoms in total. The SMILES string of the molecule is Cc1cccc(NC(=S)NC[C@H](c2cccnc2)N(C)C)c1. The maximum Gasteiger partial charge on any atom is 0.170 e. The molecule has 0 saturated heterocycles. The third-order valence-electron chi connectivity index (χ3n) is 3.42. The summed E-state index contributed by atoms with van der Waals surface area (Å²) >= 11 is 5.38. The Morgan fingerprint density at radius 3 is 2.73 bits per heavy atom. The van der Waals surface area contributed by atoms with Crippen molar-refractivity contribution in [2.75, 3.05) is 26.0 Å². The Hall–Kier alpha value is -1.98. The number of nitrogens with one attached hydrogen (secondary N) is 2. The van der Waals surface area contributed by atoms with Crippen LogP contribution >= 0.6 is 12.2 Å². The molecule has 0 radical (unpaired) electrons. The fourth-order valence-electron chi connectivity index (χ4n) is 2.26. The Balaban J connectivity index is 1.94. The van der Waals surface area contributed by atoms with Gasteiger partial charge in [0, 0.05) is 24.6 Å². The minimum Gasteiger partial charge on any atom is -0.361 e. The van der Waals surface area contributed by atoms with E-state index in [9.17, 15) is 0 Å². The third-order valence-corrected chi connectivity index (χ3v) is 3.67. The van der Waals surface area contributed by atoms with E-state index in [-0.39, 0.29) is 6.04 Å². The van der Waals surface area contributed by atoms with Crippen molar-refractivity contribution in [2.45, 2.75) is 13.0 Å². The van der Waals surface area contributed by atoms with Gasteiger partial charge >= 0.3 is 0 Å². The van der Waals surface area contributed by atoms with Crippen LogP contribution in [0.4, 0.5) is 5.69 Å². The molecule has 1 heterocycles. The largest absolute Gasteiger partial charge is 0.361 e. The Labute approximate surface area is 137 Å². The summed E-state index contributed by atoms with van der Waals surface area (Å²) < 4.78 is 0. The van der Waals surface area contributed by atoms with Gasteiger partial charge in [-0.2, -0.15) is 0 Å². The lowest BCUT2D eigenvalue weighted by Gasteiger charge is -2.25. The highest BCUT2D eigenvalue weighted by atomic mass is 32.1. The number of anilines is 1. The molecule has 5 heteroatoms. The van der Waals surface area contributed by atoms with Crippen molar-refractivity contribution < 1.29 is 0 Å². The van der Waals surface area contributed by atoms with E-state index in [4.69, 9.17) is 12.2 Å². The summed E-state index contributed by atoms with van der Waals surface area (Å²) in [5.74, 6) is 0. The number of aryl methyl sites for hydroxylation is 1. The van der Waals surface area contributed by atoms with E-state index < -0.39 is 0 Å². The molecule has 0 amide bonds. The maximum absolute atomic E-state index is 5.38. The molecule has 22 heavy (non-hydrogen) atoms. The summed E-state index contributed by atoms with van der Waals surface area (Å²) in [5.41, 5.74) is 3.37. The molecular formula is C17H22N4S. The zero-order valence-electron chi connectivity index (χ0n) is 13.2. The fraction of sp³-hybridized carbons (Fsp3) is 0.294. The average Bonchev–Trinajstić information content (AvgIpc) is 2.48. The van der Waals surface area contributed by atoms with Gasteiger partial charge < -0.3 is 15.5 Å². The van der Waals surface area contributed by atoms with E-state index >= 15 is 0 Å². The van der Waals surface area contributed by atoms with Crippen LogP contribution in [-0.4, -0.2) is 35.6 Å². The maximum atomic E-state index is 5.38. The van der Waals surface area contributed by atoms with Crippen LogP contribution in [0.2, 0.25) is 0 Å². The van der Waals surface area contributed by atoms with Gasteiger partial charge in [0.2, 0.25) is 0 Å². The molecule has 1 aromatic carbocycles. The van der Waals surface area contributed by atoms with Gasteiger partial charge in [-0.15, -0.1) is 0 Å². The van der Waals surface area contributed by atoms with Crippen LogP contribution < -0.4 is 10.6 Å². The smallest absolute Gasteiger partial charge is 0.170 e. The molecule has 0 fully saturated rings. The van der Waals surface area contributed by atoms with Gasteiger partial charge in [-0.3, -0.25) is 4.98 Å². The molecule has 1 aromatic heterocycles. The van der Waals surface area contributed by atoms with Crippen molar-refractivity contribution >= 4 is 23.0 Å². The summed E-state index contributed by atoms with van der Waals surface area (Å²) in [6.07, 6.45) is 3.68. The zero-order valence-corrected chi connectivity index (χ0v) is 14.0. The van der Waals surface area contributed by atoms with Crippen molar-refractivity contribution in [1.29, 1.82) is 0 Å². The van der Waals surface area contributed by atoms with Gasteiger partial charge in [-0.25, -0.2) is 0 Å². The number of pyridine rings is 1. The number of thiocarbonyl (C=S) groups is 1. The number of aromatic nitrogens is 1. The van der Waals surface area contributed by atoms with Gasteiger partial charge in [-0.05, 0) is 62.6 Å². The second-order valence-corrected chi connectivity index (χ2v) is 5.88. The summed E-state index contributed by atoms with van der Waals surface area (Å²) in [6.45, 7) is 2.78. The van der Waals surface area contributed by atoms with E-state index in [1.807, 2.05) is 24.4 Å². The number of hydrogen-bond acceptors (Lipinski definition) is 3. The standard InChI is InChI=1S/C17H22N4S/c1-13-6-4-8-15(10-13)20-17(22)19-12-16(21(2)3)14-7-5-9-18-11-14/h4-11,16H,12H2,1-3H3,(H2,19,20,22)/t16-/m1/s1. The van der Waals surface area contributed by atoms with Crippen molar-refractivity contribution in [3.05, 3.63) is 59.9 Å². The lowest BCUT2D eigenvalue weighted by molar-refractivity contribution is 0.298. The Kier molecular flexibility index (Phi) is 5.86. The molecule has 0 spiro atoms. The topological polar surface area (TPSA) is 40.2 Å². The highest BCUT2D eigenvalue weighted by Crippen LogP contribution is 2.16. The molecule has 2 aromatic rings. The minimum absolute atomic E-state index is 0.214. The third kappa shape index (κ3) is 4.79. The number of rotatable bonds is 5. The van der Waals surface area contributed by atoms with E-state index in [1.165, 1.54) is 11.1 Å². The molecule has 0 bridgehead atoms. The lowest BCUT2D eigenvalue weighted by Crippen LogP contribution is -2.36. The number of nitrogens with zero attached hydrogens (tertiary/aromatic N) is 2. The average molecular weight is 314 g/mol. The molecule has 0 unspecified atom stereocenters.